The third-order valence-corrected chi connectivity index (χ3v) is 9.05. The lowest BCUT2D eigenvalue weighted by Gasteiger charge is -2.21. The van der Waals surface area contributed by atoms with Crippen molar-refractivity contribution in [1.29, 1.82) is 0 Å². The number of para-hydroxylation sites is 1. The van der Waals surface area contributed by atoms with Crippen LogP contribution in [0.3, 0.4) is 0 Å². The maximum atomic E-state index is 10.5. The second kappa shape index (κ2) is 6.50. The minimum atomic E-state index is -1.46. The SMILES string of the molecule is CC[Si](C#Cc1cccc(C(C)(C)C)c1O)(CC)CC. The van der Waals surface area contributed by atoms with Gasteiger partial charge in [0.25, 0.3) is 0 Å². The van der Waals surface area contributed by atoms with E-state index in [2.05, 4.69) is 53.0 Å². The first kappa shape index (κ1) is 16.9. The zero-order chi connectivity index (χ0) is 15.4. The summed E-state index contributed by atoms with van der Waals surface area (Å²) in [5.74, 6) is 3.64. The van der Waals surface area contributed by atoms with Crippen LogP contribution in [0.2, 0.25) is 18.1 Å². The van der Waals surface area contributed by atoms with Crippen molar-refractivity contribution in [2.24, 2.45) is 0 Å². The third kappa shape index (κ3) is 3.67. The fourth-order valence-corrected chi connectivity index (χ4v) is 4.89. The second-order valence-corrected chi connectivity index (χ2v) is 11.5. The van der Waals surface area contributed by atoms with Gasteiger partial charge in [-0.05, 0) is 29.6 Å². The van der Waals surface area contributed by atoms with Gasteiger partial charge in [0.1, 0.15) is 13.8 Å². The summed E-state index contributed by atoms with van der Waals surface area (Å²) in [7, 11) is -1.46. The summed E-state index contributed by atoms with van der Waals surface area (Å²) in [6.45, 7) is 13.1. The molecule has 0 aliphatic carbocycles. The molecule has 0 amide bonds. The highest BCUT2D eigenvalue weighted by atomic mass is 28.3. The second-order valence-electron chi connectivity index (χ2n) is 6.54. The molecule has 0 spiro atoms. The molecule has 0 bridgehead atoms. The summed E-state index contributed by atoms with van der Waals surface area (Å²) >= 11 is 0. The molecule has 0 atom stereocenters. The van der Waals surface area contributed by atoms with E-state index in [-0.39, 0.29) is 5.41 Å². The largest absolute Gasteiger partial charge is 0.506 e. The van der Waals surface area contributed by atoms with E-state index in [9.17, 15) is 5.11 Å². The van der Waals surface area contributed by atoms with Crippen molar-refractivity contribution in [3.05, 3.63) is 29.3 Å². The van der Waals surface area contributed by atoms with Crippen molar-refractivity contribution in [2.45, 2.75) is 65.1 Å². The highest BCUT2D eigenvalue weighted by Gasteiger charge is 2.24. The zero-order valence-electron chi connectivity index (χ0n) is 13.8. The molecular weight excluding hydrogens is 260 g/mol. The summed E-state index contributed by atoms with van der Waals surface area (Å²) in [4.78, 5) is 0. The number of benzene rings is 1. The number of hydrogen-bond acceptors (Lipinski definition) is 1. The molecule has 0 unspecified atom stereocenters. The Morgan fingerprint density at radius 2 is 1.60 bits per heavy atom. The molecule has 0 aromatic heterocycles. The van der Waals surface area contributed by atoms with E-state index in [0.717, 1.165) is 11.1 Å². The quantitative estimate of drug-likeness (QED) is 0.607. The van der Waals surface area contributed by atoms with Crippen LogP contribution in [0.15, 0.2) is 18.2 Å². The molecule has 0 aliphatic rings. The smallest absolute Gasteiger partial charge is 0.138 e. The van der Waals surface area contributed by atoms with Gasteiger partial charge in [-0.2, -0.15) is 0 Å². The zero-order valence-corrected chi connectivity index (χ0v) is 14.8. The van der Waals surface area contributed by atoms with E-state index < -0.39 is 8.07 Å². The predicted molar refractivity (Wildman–Crippen MR) is 90.9 cm³/mol. The number of aromatic hydroxyl groups is 1. The van der Waals surface area contributed by atoms with Crippen molar-refractivity contribution in [3.63, 3.8) is 0 Å². The molecule has 2 heteroatoms. The molecule has 0 saturated heterocycles. The van der Waals surface area contributed by atoms with Gasteiger partial charge in [0, 0.05) is 5.56 Å². The Morgan fingerprint density at radius 3 is 2.05 bits per heavy atom. The van der Waals surface area contributed by atoms with E-state index in [1.807, 2.05) is 18.2 Å². The van der Waals surface area contributed by atoms with Crippen LogP contribution in [-0.4, -0.2) is 13.2 Å². The molecular formula is C18H28OSi. The molecule has 0 radical (unpaired) electrons. The Morgan fingerprint density at radius 1 is 1.05 bits per heavy atom. The van der Waals surface area contributed by atoms with Crippen LogP contribution in [0, 0.1) is 11.5 Å². The average Bonchev–Trinajstić information content (AvgIpc) is 2.41. The van der Waals surface area contributed by atoms with Crippen molar-refractivity contribution >= 4 is 8.07 Å². The topological polar surface area (TPSA) is 20.2 Å². The van der Waals surface area contributed by atoms with Gasteiger partial charge in [-0.25, -0.2) is 0 Å². The standard InChI is InChI=1S/C18H28OSi/c1-7-20(8-2,9-3)14-13-15-11-10-12-16(17(15)19)18(4,5)6/h10-12,19H,7-9H2,1-6H3. The van der Waals surface area contributed by atoms with Crippen LogP contribution >= 0.6 is 0 Å². The van der Waals surface area contributed by atoms with Crippen LogP contribution in [0.25, 0.3) is 0 Å². The van der Waals surface area contributed by atoms with E-state index >= 15 is 0 Å². The number of hydrogen-bond donors (Lipinski definition) is 1. The van der Waals surface area contributed by atoms with Gasteiger partial charge in [-0.3, -0.25) is 0 Å². The van der Waals surface area contributed by atoms with Gasteiger partial charge in [-0.1, -0.05) is 59.6 Å². The Labute approximate surface area is 125 Å². The van der Waals surface area contributed by atoms with Crippen molar-refractivity contribution < 1.29 is 5.11 Å². The maximum Gasteiger partial charge on any atom is 0.138 e. The third-order valence-electron chi connectivity index (χ3n) is 4.34. The fourth-order valence-electron chi connectivity index (χ4n) is 2.46. The van der Waals surface area contributed by atoms with Crippen molar-refractivity contribution in [3.8, 4) is 17.2 Å². The number of rotatable bonds is 3. The number of phenolic OH excluding ortho intramolecular Hbond substituents is 1. The first-order chi connectivity index (χ1) is 9.29. The van der Waals surface area contributed by atoms with Crippen molar-refractivity contribution in [2.75, 3.05) is 0 Å². The monoisotopic (exact) mass is 288 g/mol. The molecule has 1 aromatic carbocycles. The van der Waals surface area contributed by atoms with Gasteiger partial charge in [0.05, 0.1) is 5.56 Å². The summed E-state index contributed by atoms with van der Waals surface area (Å²) < 4.78 is 0. The Bertz CT molecular complexity index is 502. The number of phenols is 1. The molecule has 1 nitrogen and oxygen atoms in total. The van der Waals surface area contributed by atoms with E-state index in [0.29, 0.717) is 5.75 Å². The Balaban J connectivity index is 3.25. The van der Waals surface area contributed by atoms with Gasteiger partial charge in [-0.15, -0.1) is 5.54 Å². The summed E-state index contributed by atoms with van der Waals surface area (Å²) in [5.41, 5.74) is 5.24. The Hall–Kier alpha value is -1.20. The summed E-state index contributed by atoms with van der Waals surface area (Å²) in [5, 5.41) is 10.5. The molecule has 110 valence electrons. The van der Waals surface area contributed by atoms with Crippen LogP contribution < -0.4 is 0 Å². The van der Waals surface area contributed by atoms with Crippen LogP contribution in [0.4, 0.5) is 0 Å². The van der Waals surface area contributed by atoms with Gasteiger partial charge < -0.3 is 5.11 Å². The molecule has 1 rings (SSSR count). The van der Waals surface area contributed by atoms with Crippen LogP contribution in [0.1, 0.15) is 52.7 Å². The first-order valence-corrected chi connectivity index (χ1v) is 10.3. The van der Waals surface area contributed by atoms with E-state index in [4.69, 9.17) is 0 Å². The highest BCUT2D eigenvalue weighted by molar-refractivity contribution is 6.87. The lowest BCUT2D eigenvalue weighted by Crippen LogP contribution is -2.29. The molecule has 0 fully saturated rings. The molecule has 0 heterocycles. The van der Waals surface area contributed by atoms with E-state index in [1.165, 1.54) is 18.1 Å². The summed E-state index contributed by atoms with van der Waals surface area (Å²) in [6.07, 6.45) is 0. The van der Waals surface area contributed by atoms with Crippen molar-refractivity contribution in [1.82, 2.24) is 0 Å². The first-order valence-electron chi connectivity index (χ1n) is 7.65. The lowest BCUT2D eigenvalue weighted by atomic mass is 9.85. The van der Waals surface area contributed by atoms with Gasteiger partial charge in [0.15, 0.2) is 0 Å². The average molecular weight is 289 g/mol. The molecule has 1 aromatic rings. The Kier molecular flexibility index (Phi) is 5.47. The predicted octanol–water partition coefficient (Wildman–Crippen LogP) is 5.09. The minimum absolute atomic E-state index is 0.0590. The normalized spacial score (nSPS) is 11.9. The molecule has 0 saturated carbocycles. The molecule has 1 N–H and O–H groups in total. The van der Waals surface area contributed by atoms with E-state index in [1.54, 1.807) is 0 Å². The maximum absolute atomic E-state index is 10.5. The highest BCUT2D eigenvalue weighted by Crippen LogP contribution is 2.32. The molecule has 20 heavy (non-hydrogen) atoms. The van der Waals surface area contributed by atoms with Gasteiger partial charge in [0.2, 0.25) is 0 Å². The summed E-state index contributed by atoms with van der Waals surface area (Å²) in [6, 6.07) is 9.48. The van der Waals surface area contributed by atoms with Crippen LogP contribution in [-0.2, 0) is 5.41 Å². The minimum Gasteiger partial charge on any atom is -0.506 e. The van der Waals surface area contributed by atoms with Gasteiger partial charge >= 0.3 is 0 Å². The lowest BCUT2D eigenvalue weighted by molar-refractivity contribution is 0.445. The molecule has 0 aliphatic heterocycles. The fraction of sp³-hybridized carbons (Fsp3) is 0.556. The van der Waals surface area contributed by atoms with Crippen LogP contribution in [0.5, 0.6) is 5.75 Å².